The van der Waals surface area contributed by atoms with Gasteiger partial charge in [-0.05, 0) is 23.6 Å². The maximum atomic E-state index is 13.0. The van der Waals surface area contributed by atoms with Crippen LogP contribution in [0.4, 0.5) is 24.7 Å². The number of pyridine rings is 1. The van der Waals surface area contributed by atoms with Gasteiger partial charge in [-0.3, -0.25) is 10.2 Å². The van der Waals surface area contributed by atoms with Crippen LogP contribution in [-0.2, 0) is 10.9 Å². The van der Waals surface area contributed by atoms with Gasteiger partial charge in [0, 0.05) is 30.4 Å². The predicted octanol–water partition coefficient (Wildman–Crippen LogP) is 3.97. The number of halogens is 3. The fourth-order valence-corrected chi connectivity index (χ4v) is 3.26. The Morgan fingerprint density at radius 3 is 2.50 bits per heavy atom. The minimum absolute atomic E-state index is 0.257. The predicted molar refractivity (Wildman–Crippen MR) is 106 cm³/mol. The molecule has 1 fully saturated rings. The van der Waals surface area contributed by atoms with Gasteiger partial charge in [0.05, 0.1) is 24.3 Å². The molecule has 0 unspecified atom stereocenters. The molecule has 0 atom stereocenters. The average Bonchev–Trinajstić information content (AvgIpc) is 2.74. The molecule has 30 heavy (non-hydrogen) atoms. The van der Waals surface area contributed by atoms with Crippen molar-refractivity contribution in [3.8, 4) is 0 Å². The van der Waals surface area contributed by atoms with Gasteiger partial charge in [-0.2, -0.15) is 13.2 Å². The summed E-state index contributed by atoms with van der Waals surface area (Å²) in [7, 11) is 0. The zero-order valence-electron chi connectivity index (χ0n) is 15.9. The zero-order chi connectivity index (χ0) is 21.1. The second-order valence-electron chi connectivity index (χ2n) is 6.81. The molecule has 6 nitrogen and oxygen atoms in total. The number of rotatable bonds is 4. The van der Waals surface area contributed by atoms with Crippen LogP contribution in [0, 0.1) is 0 Å². The van der Waals surface area contributed by atoms with Gasteiger partial charge in [-0.15, -0.1) is 0 Å². The molecule has 1 aliphatic rings. The van der Waals surface area contributed by atoms with E-state index in [0.717, 1.165) is 12.1 Å². The number of carbonyl (C=O) groups excluding carboxylic acids is 1. The van der Waals surface area contributed by atoms with Crippen molar-refractivity contribution in [3.05, 3.63) is 65.9 Å². The monoisotopic (exact) mass is 416 g/mol. The van der Waals surface area contributed by atoms with E-state index in [1.807, 2.05) is 0 Å². The smallest absolute Gasteiger partial charge is 0.379 e. The SMILES string of the molecule is O=C(NN1CCOCC1)c1cnc(Nc2cccc(C(F)(F)F)c2)c2ccccc12. The van der Waals surface area contributed by atoms with E-state index >= 15 is 0 Å². The molecule has 2 N–H and O–H groups in total. The Morgan fingerprint density at radius 2 is 1.77 bits per heavy atom. The number of fused-ring (bicyclic) bond motifs is 1. The first-order valence-corrected chi connectivity index (χ1v) is 9.37. The summed E-state index contributed by atoms with van der Waals surface area (Å²) in [6.07, 6.45) is -3.01. The van der Waals surface area contributed by atoms with Crippen LogP contribution in [0.5, 0.6) is 0 Å². The summed E-state index contributed by atoms with van der Waals surface area (Å²) >= 11 is 0. The summed E-state index contributed by atoms with van der Waals surface area (Å²) in [5.74, 6) is 0.0686. The van der Waals surface area contributed by atoms with Gasteiger partial charge in [0.25, 0.3) is 5.91 Å². The van der Waals surface area contributed by atoms with Crippen molar-refractivity contribution in [1.82, 2.24) is 15.4 Å². The first-order valence-electron chi connectivity index (χ1n) is 9.37. The molecule has 3 aromatic rings. The summed E-state index contributed by atoms with van der Waals surface area (Å²) in [4.78, 5) is 17.1. The van der Waals surface area contributed by atoms with Crippen LogP contribution in [0.3, 0.4) is 0 Å². The lowest BCUT2D eigenvalue weighted by atomic mass is 10.1. The number of hydrazine groups is 1. The molecule has 0 radical (unpaired) electrons. The van der Waals surface area contributed by atoms with Gasteiger partial charge in [0.2, 0.25) is 0 Å². The Labute approximate surface area is 170 Å². The third-order valence-electron chi connectivity index (χ3n) is 4.76. The third kappa shape index (κ3) is 4.37. The van der Waals surface area contributed by atoms with Crippen LogP contribution in [0.2, 0.25) is 0 Å². The van der Waals surface area contributed by atoms with Gasteiger partial charge >= 0.3 is 6.18 Å². The standard InChI is InChI=1S/C21H19F3N4O2/c22-21(23,24)14-4-3-5-15(12-14)26-19-17-7-2-1-6-16(17)18(13-25-19)20(29)27-28-8-10-30-11-9-28/h1-7,12-13H,8-11H2,(H,25,26)(H,27,29). The van der Waals surface area contributed by atoms with E-state index in [2.05, 4.69) is 15.7 Å². The highest BCUT2D eigenvalue weighted by Gasteiger charge is 2.30. The Bertz CT molecular complexity index is 1070. The molecular weight excluding hydrogens is 397 g/mol. The number of nitrogens with one attached hydrogen (secondary N) is 2. The van der Waals surface area contributed by atoms with E-state index in [0.29, 0.717) is 48.5 Å². The van der Waals surface area contributed by atoms with E-state index in [9.17, 15) is 18.0 Å². The van der Waals surface area contributed by atoms with Crippen molar-refractivity contribution >= 4 is 28.2 Å². The van der Waals surface area contributed by atoms with Crippen molar-refractivity contribution in [2.45, 2.75) is 6.18 Å². The topological polar surface area (TPSA) is 66.5 Å². The molecule has 2 heterocycles. The highest BCUT2D eigenvalue weighted by molar-refractivity contribution is 6.09. The number of alkyl halides is 3. The average molecular weight is 416 g/mol. The number of anilines is 2. The van der Waals surface area contributed by atoms with Crippen molar-refractivity contribution in [2.75, 3.05) is 31.6 Å². The molecule has 4 rings (SSSR count). The van der Waals surface area contributed by atoms with E-state index < -0.39 is 11.7 Å². The zero-order valence-corrected chi connectivity index (χ0v) is 15.9. The van der Waals surface area contributed by atoms with Crippen LogP contribution in [0.25, 0.3) is 10.8 Å². The molecule has 1 aliphatic heterocycles. The lowest BCUT2D eigenvalue weighted by molar-refractivity contribution is -0.137. The van der Waals surface area contributed by atoms with Gasteiger partial charge < -0.3 is 10.1 Å². The lowest BCUT2D eigenvalue weighted by Gasteiger charge is -2.27. The number of ether oxygens (including phenoxy) is 1. The normalized spacial score (nSPS) is 15.2. The second kappa shape index (κ2) is 8.29. The number of benzene rings is 2. The number of nitrogens with zero attached hydrogens (tertiary/aromatic N) is 2. The maximum Gasteiger partial charge on any atom is 0.416 e. The highest BCUT2D eigenvalue weighted by atomic mass is 19.4. The second-order valence-corrected chi connectivity index (χ2v) is 6.81. The number of hydrogen-bond acceptors (Lipinski definition) is 5. The van der Waals surface area contributed by atoms with Gasteiger partial charge in [-0.25, -0.2) is 9.99 Å². The largest absolute Gasteiger partial charge is 0.416 e. The van der Waals surface area contributed by atoms with Crippen molar-refractivity contribution in [3.63, 3.8) is 0 Å². The molecule has 0 saturated carbocycles. The molecule has 1 amide bonds. The Hall–Kier alpha value is -3.17. The summed E-state index contributed by atoms with van der Waals surface area (Å²) in [6, 6.07) is 12.0. The summed E-state index contributed by atoms with van der Waals surface area (Å²) < 4.78 is 44.3. The minimum Gasteiger partial charge on any atom is -0.379 e. The number of morpholine rings is 1. The summed E-state index contributed by atoms with van der Waals surface area (Å²) in [5, 5.41) is 6.00. The van der Waals surface area contributed by atoms with E-state index in [4.69, 9.17) is 4.74 Å². The fraction of sp³-hybridized carbons (Fsp3) is 0.238. The lowest BCUT2D eigenvalue weighted by Crippen LogP contribution is -2.48. The Balaban J connectivity index is 1.63. The van der Waals surface area contributed by atoms with Gasteiger partial charge in [0.15, 0.2) is 0 Å². The quantitative estimate of drug-likeness (QED) is 0.674. The van der Waals surface area contributed by atoms with Gasteiger partial charge in [-0.1, -0.05) is 30.3 Å². The van der Waals surface area contributed by atoms with Crippen LogP contribution < -0.4 is 10.7 Å². The van der Waals surface area contributed by atoms with Crippen LogP contribution in [0.1, 0.15) is 15.9 Å². The maximum absolute atomic E-state index is 13.0. The van der Waals surface area contributed by atoms with Crippen molar-refractivity contribution in [1.29, 1.82) is 0 Å². The van der Waals surface area contributed by atoms with Gasteiger partial charge in [0.1, 0.15) is 5.82 Å². The first-order chi connectivity index (χ1) is 14.4. The highest BCUT2D eigenvalue weighted by Crippen LogP contribution is 2.32. The fourth-order valence-electron chi connectivity index (χ4n) is 3.26. The molecule has 0 aliphatic carbocycles. The number of carbonyl (C=O) groups is 1. The first kappa shape index (κ1) is 20.1. The van der Waals surface area contributed by atoms with E-state index in [-0.39, 0.29) is 11.6 Å². The van der Waals surface area contributed by atoms with Crippen molar-refractivity contribution < 1.29 is 22.7 Å². The number of hydrogen-bond donors (Lipinski definition) is 2. The summed E-state index contributed by atoms with van der Waals surface area (Å²) in [5.41, 5.74) is 2.74. The molecule has 156 valence electrons. The molecule has 0 bridgehead atoms. The molecular formula is C21H19F3N4O2. The van der Waals surface area contributed by atoms with Crippen LogP contribution >= 0.6 is 0 Å². The Morgan fingerprint density at radius 1 is 1.03 bits per heavy atom. The molecule has 0 spiro atoms. The van der Waals surface area contributed by atoms with E-state index in [1.165, 1.54) is 18.3 Å². The molecule has 1 aromatic heterocycles. The molecule has 2 aromatic carbocycles. The molecule has 1 saturated heterocycles. The van der Waals surface area contributed by atoms with Crippen molar-refractivity contribution in [2.24, 2.45) is 0 Å². The van der Waals surface area contributed by atoms with Crippen LogP contribution in [-0.4, -0.2) is 42.2 Å². The third-order valence-corrected chi connectivity index (χ3v) is 4.76. The number of amides is 1. The van der Waals surface area contributed by atoms with E-state index in [1.54, 1.807) is 29.3 Å². The molecule has 9 heteroatoms. The number of aromatic nitrogens is 1. The summed E-state index contributed by atoms with van der Waals surface area (Å²) in [6.45, 7) is 2.26. The minimum atomic E-state index is -4.44. The van der Waals surface area contributed by atoms with Crippen LogP contribution in [0.15, 0.2) is 54.7 Å². The Kier molecular flexibility index (Phi) is 5.56.